The van der Waals surface area contributed by atoms with Crippen molar-refractivity contribution in [3.05, 3.63) is 23.8 Å². The molecule has 0 aliphatic heterocycles. The van der Waals surface area contributed by atoms with Crippen molar-refractivity contribution >= 4 is 0 Å². The maximum atomic E-state index is 11.3. The number of rotatable bonds is 5. The molecule has 0 aromatic rings. The van der Waals surface area contributed by atoms with E-state index in [1.54, 1.807) is 0 Å². The number of allylic oxidation sites excluding steroid dienone is 1. The Hall–Kier alpha value is -0.640. The van der Waals surface area contributed by atoms with Crippen LogP contribution >= 0.6 is 0 Å². The summed E-state index contributed by atoms with van der Waals surface area (Å²) in [6.45, 7) is 15.9. The highest BCUT2D eigenvalue weighted by Gasteiger charge is 2.62. The van der Waals surface area contributed by atoms with Crippen LogP contribution in [0.4, 0.5) is 0 Å². The van der Waals surface area contributed by atoms with E-state index in [1.165, 1.54) is 31.3 Å². The molecule has 0 heterocycles. The lowest BCUT2D eigenvalue weighted by Gasteiger charge is -2.60. The molecule has 3 heteroatoms. The fraction of sp³-hybridized carbons (Fsp3) is 0.857. The molecule has 3 nitrogen and oxygen atoms in total. The minimum absolute atomic E-state index is 0.236. The Kier molecular flexibility index (Phi) is 6.29. The van der Waals surface area contributed by atoms with Gasteiger partial charge in [0.2, 0.25) is 0 Å². The molecule has 3 fully saturated rings. The Balaban J connectivity index is 1.56. The summed E-state index contributed by atoms with van der Waals surface area (Å²) >= 11 is 0. The predicted molar refractivity (Wildman–Crippen MR) is 126 cm³/mol. The van der Waals surface area contributed by atoms with E-state index in [2.05, 4.69) is 41.2 Å². The lowest BCUT2D eigenvalue weighted by Crippen LogP contribution is -2.58. The molecule has 3 saturated carbocycles. The van der Waals surface area contributed by atoms with Crippen LogP contribution in [0.3, 0.4) is 0 Å². The minimum Gasteiger partial charge on any atom is -0.393 e. The van der Waals surface area contributed by atoms with Gasteiger partial charge < -0.3 is 15.3 Å². The van der Waals surface area contributed by atoms with E-state index in [0.717, 1.165) is 18.4 Å². The number of hydrogen-bond donors (Lipinski definition) is 3. The minimum atomic E-state index is -0.509. The van der Waals surface area contributed by atoms with E-state index in [1.807, 2.05) is 6.08 Å². The van der Waals surface area contributed by atoms with E-state index in [9.17, 15) is 15.3 Å². The molecule has 0 amide bonds. The molecule has 0 aromatic carbocycles. The molecule has 4 aliphatic carbocycles. The summed E-state index contributed by atoms with van der Waals surface area (Å²) in [7, 11) is 0. The Morgan fingerprint density at radius 2 is 1.81 bits per heavy atom. The van der Waals surface area contributed by atoms with Gasteiger partial charge in [-0.25, -0.2) is 0 Å². The molecule has 0 saturated heterocycles. The predicted octanol–water partition coefficient (Wildman–Crippen LogP) is 5.50. The van der Waals surface area contributed by atoms with Crippen LogP contribution in [0.2, 0.25) is 0 Å². The summed E-state index contributed by atoms with van der Waals surface area (Å²) in [4.78, 5) is 0. The van der Waals surface area contributed by atoms with E-state index in [-0.39, 0.29) is 16.7 Å². The first kappa shape index (κ1) is 23.5. The van der Waals surface area contributed by atoms with Gasteiger partial charge in [-0.1, -0.05) is 58.4 Å². The summed E-state index contributed by atoms with van der Waals surface area (Å²) in [6, 6.07) is 0. The Morgan fingerprint density at radius 3 is 2.48 bits per heavy atom. The molecular weight excluding hydrogens is 384 g/mol. The van der Waals surface area contributed by atoms with Gasteiger partial charge in [0.05, 0.1) is 18.3 Å². The van der Waals surface area contributed by atoms with Crippen molar-refractivity contribution in [2.75, 3.05) is 0 Å². The van der Waals surface area contributed by atoms with Crippen molar-refractivity contribution in [1.29, 1.82) is 0 Å². The van der Waals surface area contributed by atoms with Crippen LogP contribution in [0.5, 0.6) is 0 Å². The van der Waals surface area contributed by atoms with Gasteiger partial charge in [0.15, 0.2) is 0 Å². The zero-order valence-corrected chi connectivity index (χ0v) is 20.5. The summed E-state index contributed by atoms with van der Waals surface area (Å²) in [5.74, 6) is 3.03. The van der Waals surface area contributed by atoms with Crippen molar-refractivity contribution in [3.8, 4) is 0 Å². The molecule has 31 heavy (non-hydrogen) atoms. The molecule has 0 aromatic heterocycles. The topological polar surface area (TPSA) is 60.7 Å². The third kappa shape index (κ3) is 3.67. The average molecular weight is 431 g/mol. The Labute approximate surface area is 190 Å². The van der Waals surface area contributed by atoms with Crippen LogP contribution in [-0.2, 0) is 0 Å². The normalized spacial score (nSPS) is 47.9. The molecule has 10 atom stereocenters. The van der Waals surface area contributed by atoms with Crippen LogP contribution in [0.25, 0.3) is 0 Å². The third-order valence-corrected chi connectivity index (χ3v) is 10.7. The lowest BCUT2D eigenvalue weighted by atomic mass is 9.45. The summed E-state index contributed by atoms with van der Waals surface area (Å²) in [5.41, 5.74) is 2.47. The van der Waals surface area contributed by atoms with Crippen molar-refractivity contribution in [2.45, 2.75) is 104 Å². The molecule has 0 bridgehead atoms. The second kappa shape index (κ2) is 8.29. The molecular formula is C28H46O3. The van der Waals surface area contributed by atoms with Crippen LogP contribution in [-0.4, -0.2) is 33.6 Å². The third-order valence-electron chi connectivity index (χ3n) is 10.7. The van der Waals surface area contributed by atoms with Crippen LogP contribution in [0, 0.1) is 46.3 Å². The standard InChI is InChI=1S/C28H46O3/c1-16(2)17(3)7-8-18(4)21-9-10-22-26-23(11-12-27(21,22)5)28(6)19(14-24(26)30)13-20(29)15-25(28)31/h14,16,18,20-26,29-31H,3,7-13,15H2,1-2,4-6H3/t18-,20?,21-,22+,23+,24?,25?,26+,27-,28+/m1/s1. The van der Waals surface area contributed by atoms with Gasteiger partial charge in [-0.05, 0) is 85.9 Å². The molecule has 176 valence electrons. The van der Waals surface area contributed by atoms with Gasteiger partial charge >= 0.3 is 0 Å². The molecule has 4 rings (SSSR count). The van der Waals surface area contributed by atoms with Crippen LogP contribution in [0.1, 0.15) is 86.0 Å². The Bertz CT molecular complexity index is 726. The van der Waals surface area contributed by atoms with E-state index >= 15 is 0 Å². The van der Waals surface area contributed by atoms with Gasteiger partial charge in [-0.15, -0.1) is 0 Å². The monoisotopic (exact) mass is 430 g/mol. The zero-order valence-electron chi connectivity index (χ0n) is 20.5. The molecule has 3 N–H and O–H groups in total. The van der Waals surface area contributed by atoms with Crippen LogP contribution in [0.15, 0.2) is 23.8 Å². The van der Waals surface area contributed by atoms with Gasteiger partial charge in [0.25, 0.3) is 0 Å². The summed E-state index contributed by atoms with van der Waals surface area (Å²) in [6.07, 6.45) is 8.77. The van der Waals surface area contributed by atoms with E-state index in [4.69, 9.17) is 0 Å². The highest BCUT2D eigenvalue weighted by atomic mass is 16.3. The first-order valence-electron chi connectivity index (χ1n) is 12.9. The number of fused-ring (bicyclic) bond motifs is 5. The van der Waals surface area contributed by atoms with Gasteiger partial charge in [-0.3, -0.25) is 0 Å². The lowest BCUT2D eigenvalue weighted by molar-refractivity contribution is -0.133. The molecule has 3 unspecified atom stereocenters. The maximum absolute atomic E-state index is 11.3. The van der Waals surface area contributed by atoms with E-state index < -0.39 is 18.3 Å². The second-order valence-corrected chi connectivity index (χ2v) is 12.4. The highest BCUT2D eigenvalue weighted by molar-refractivity contribution is 5.30. The Morgan fingerprint density at radius 1 is 1.10 bits per heavy atom. The van der Waals surface area contributed by atoms with Crippen LogP contribution < -0.4 is 0 Å². The molecule has 4 aliphatic rings. The summed E-state index contributed by atoms with van der Waals surface area (Å²) < 4.78 is 0. The largest absolute Gasteiger partial charge is 0.393 e. The average Bonchev–Trinajstić information content (AvgIpc) is 3.05. The molecule has 0 spiro atoms. The first-order valence-corrected chi connectivity index (χ1v) is 12.9. The summed E-state index contributed by atoms with van der Waals surface area (Å²) in [5, 5.41) is 32.6. The van der Waals surface area contributed by atoms with Crippen molar-refractivity contribution < 1.29 is 15.3 Å². The van der Waals surface area contributed by atoms with Gasteiger partial charge in [-0.2, -0.15) is 0 Å². The fourth-order valence-corrected chi connectivity index (χ4v) is 8.57. The van der Waals surface area contributed by atoms with Crippen molar-refractivity contribution in [1.82, 2.24) is 0 Å². The smallest absolute Gasteiger partial charge is 0.0757 e. The quantitative estimate of drug-likeness (QED) is 0.505. The SMILES string of the molecule is C=C(CC[C@@H](C)[C@H]1CC[C@H]2[C@@H]3C(O)C=C4CC(O)CC(O)[C@]4(C)[C@H]3CC[C@]12C)C(C)C. The first-order chi connectivity index (χ1) is 14.5. The van der Waals surface area contributed by atoms with Crippen molar-refractivity contribution in [3.63, 3.8) is 0 Å². The highest BCUT2D eigenvalue weighted by Crippen LogP contribution is 2.67. The van der Waals surface area contributed by atoms with E-state index in [0.29, 0.717) is 42.4 Å². The maximum Gasteiger partial charge on any atom is 0.0757 e. The fourth-order valence-electron chi connectivity index (χ4n) is 8.57. The second-order valence-electron chi connectivity index (χ2n) is 12.4. The number of aliphatic hydroxyl groups is 3. The number of hydrogen-bond acceptors (Lipinski definition) is 3. The van der Waals surface area contributed by atoms with Crippen molar-refractivity contribution in [2.24, 2.45) is 46.3 Å². The van der Waals surface area contributed by atoms with Gasteiger partial charge in [0, 0.05) is 11.8 Å². The number of aliphatic hydroxyl groups excluding tert-OH is 3. The zero-order chi connectivity index (χ0) is 22.7. The van der Waals surface area contributed by atoms with Gasteiger partial charge in [0.1, 0.15) is 0 Å². The molecule has 0 radical (unpaired) electrons.